The van der Waals surface area contributed by atoms with Gasteiger partial charge >= 0.3 is 0 Å². The molecule has 0 aromatic heterocycles. The first-order valence-electron chi connectivity index (χ1n) is 7.54. The minimum absolute atomic E-state index is 0.125. The van der Waals surface area contributed by atoms with Crippen LogP contribution in [-0.2, 0) is 21.2 Å². The minimum Gasteiger partial charge on any atom is -0.385 e. The molecular weight excluding hydrogens is 288 g/mol. The van der Waals surface area contributed by atoms with E-state index in [4.69, 9.17) is 4.74 Å². The van der Waals surface area contributed by atoms with E-state index in [0.717, 1.165) is 43.7 Å². The van der Waals surface area contributed by atoms with Gasteiger partial charge in [0.2, 0.25) is 10.0 Å². The Hall–Kier alpha value is -1.11. The molecule has 2 unspecified atom stereocenters. The standard InChI is InChI=1S/C15H22N2O3S/c1-11-13(6-8-20-11)10-17-21(18,19)14-4-5-15-12(9-14)3-2-7-16-15/h4-5,9,11,13,16-17H,2-3,6-8,10H2,1H3. The summed E-state index contributed by atoms with van der Waals surface area (Å²) in [6.45, 7) is 4.12. The van der Waals surface area contributed by atoms with Crippen molar-refractivity contribution in [2.24, 2.45) is 5.92 Å². The van der Waals surface area contributed by atoms with Gasteiger partial charge in [-0.2, -0.15) is 0 Å². The van der Waals surface area contributed by atoms with Crippen molar-refractivity contribution in [1.82, 2.24) is 4.72 Å². The average Bonchev–Trinajstić information content (AvgIpc) is 2.90. The van der Waals surface area contributed by atoms with Crippen molar-refractivity contribution in [2.45, 2.75) is 37.2 Å². The minimum atomic E-state index is -3.44. The Morgan fingerprint density at radius 1 is 1.43 bits per heavy atom. The molecule has 2 heterocycles. The predicted molar refractivity (Wildman–Crippen MR) is 82.0 cm³/mol. The van der Waals surface area contributed by atoms with Crippen LogP contribution in [0.4, 0.5) is 5.69 Å². The van der Waals surface area contributed by atoms with E-state index in [1.807, 2.05) is 13.0 Å². The fourth-order valence-corrected chi connectivity index (χ4v) is 4.11. The van der Waals surface area contributed by atoms with Gasteiger partial charge in [-0.25, -0.2) is 13.1 Å². The van der Waals surface area contributed by atoms with Gasteiger partial charge in [-0.3, -0.25) is 0 Å². The van der Waals surface area contributed by atoms with Crippen LogP contribution in [-0.4, -0.2) is 34.2 Å². The lowest BCUT2D eigenvalue weighted by Gasteiger charge is -2.19. The lowest BCUT2D eigenvalue weighted by atomic mass is 10.0. The molecule has 1 saturated heterocycles. The van der Waals surface area contributed by atoms with Gasteiger partial charge in [0.15, 0.2) is 0 Å². The molecule has 5 nitrogen and oxygen atoms in total. The number of hydrogen-bond donors (Lipinski definition) is 2. The van der Waals surface area contributed by atoms with Crippen molar-refractivity contribution in [1.29, 1.82) is 0 Å². The van der Waals surface area contributed by atoms with Crippen LogP contribution in [0.1, 0.15) is 25.3 Å². The monoisotopic (exact) mass is 310 g/mol. The number of nitrogens with one attached hydrogen (secondary N) is 2. The van der Waals surface area contributed by atoms with Gasteiger partial charge in [-0.15, -0.1) is 0 Å². The molecular formula is C15H22N2O3S. The summed E-state index contributed by atoms with van der Waals surface area (Å²) in [6.07, 6.45) is 3.01. The molecule has 1 fully saturated rings. The maximum atomic E-state index is 12.4. The molecule has 0 radical (unpaired) electrons. The van der Waals surface area contributed by atoms with Crippen LogP contribution in [0.5, 0.6) is 0 Å². The number of rotatable bonds is 4. The van der Waals surface area contributed by atoms with Crippen molar-refractivity contribution < 1.29 is 13.2 Å². The van der Waals surface area contributed by atoms with Crippen molar-refractivity contribution in [3.8, 4) is 0 Å². The zero-order valence-corrected chi connectivity index (χ0v) is 13.1. The largest absolute Gasteiger partial charge is 0.385 e. The summed E-state index contributed by atoms with van der Waals surface area (Å²) in [4.78, 5) is 0.358. The van der Waals surface area contributed by atoms with Crippen molar-refractivity contribution >= 4 is 15.7 Å². The summed E-state index contributed by atoms with van der Waals surface area (Å²) in [5.41, 5.74) is 2.14. The topological polar surface area (TPSA) is 67.4 Å². The van der Waals surface area contributed by atoms with E-state index in [1.54, 1.807) is 12.1 Å². The van der Waals surface area contributed by atoms with Gasteiger partial charge in [0.05, 0.1) is 11.0 Å². The van der Waals surface area contributed by atoms with Gasteiger partial charge in [-0.05, 0) is 49.9 Å². The Morgan fingerprint density at radius 3 is 3.05 bits per heavy atom. The summed E-state index contributed by atoms with van der Waals surface area (Å²) in [5.74, 6) is 0.263. The van der Waals surface area contributed by atoms with Crippen molar-refractivity contribution in [3.05, 3.63) is 23.8 Å². The van der Waals surface area contributed by atoms with E-state index < -0.39 is 10.0 Å². The highest BCUT2D eigenvalue weighted by molar-refractivity contribution is 7.89. The third-order valence-electron chi connectivity index (χ3n) is 4.39. The van der Waals surface area contributed by atoms with E-state index in [-0.39, 0.29) is 12.0 Å². The van der Waals surface area contributed by atoms with Crippen LogP contribution in [0.15, 0.2) is 23.1 Å². The SMILES string of the molecule is CC1OCCC1CNS(=O)(=O)c1ccc2c(c1)CCCN2. The zero-order chi connectivity index (χ0) is 14.9. The van der Waals surface area contributed by atoms with Crippen LogP contribution in [0, 0.1) is 5.92 Å². The first-order chi connectivity index (χ1) is 10.1. The second-order valence-electron chi connectivity index (χ2n) is 5.83. The van der Waals surface area contributed by atoms with Crippen LogP contribution >= 0.6 is 0 Å². The van der Waals surface area contributed by atoms with Gasteiger partial charge in [0, 0.05) is 31.3 Å². The number of sulfonamides is 1. The van der Waals surface area contributed by atoms with Crippen molar-refractivity contribution in [3.63, 3.8) is 0 Å². The third kappa shape index (κ3) is 3.22. The Morgan fingerprint density at radius 2 is 2.29 bits per heavy atom. The second-order valence-corrected chi connectivity index (χ2v) is 7.59. The molecule has 2 aliphatic rings. The first-order valence-corrected chi connectivity index (χ1v) is 9.02. The van der Waals surface area contributed by atoms with E-state index in [0.29, 0.717) is 11.4 Å². The molecule has 3 rings (SSSR count). The molecule has 0 aliphatic carbocycles. The molecule has 1 aromatic rings. The van der Waals surface area contributed by atoms with Gasteiger partial charge < -0.3 is 10.1 Å². The Kier molecular flexibility index (Phi) is 4.19. The highest BCUT2D eigenvalue weighted by atomic mass is 32.2. The van der Waals surface area contributed by atoms with Gasteiger partial charge in [0.1, 0.15) is 0 Å². The summed E-state index contributed by atoms with van der Waals surface area (Å²) in [6, 6.07) is 5.33. The fourth-order valence-electron chi connectivity index (χ4n) is 2.96. The molecule has 0 spiro atoms. The van der Waals surface area contributed by atoms with Crippen LogP contribution in [0.25, 0.3) is 0 Å². The Labute approximate surface area is 126 Å². The maximum absolute atomic E-state index is 12.4. The first kappa shape index (κ1) is 14.8. The van der Waals surface area contributed by atoms with Crippen LogP contribution < -0.4 is 10.0 Å². The smallest absolute Gasteiger partial charge is 0.240 e. The number of ether oxygens (including phenoxy) is 1. The summed E-state index contributed by atoms with van der Waals surface area (Å²) < 4.78 is 33.0. The zero-order valence-electron chi connectivity index (χ0n) is 12.3. The van der Waals surface area contributed by atoms with Gasteiger partial charge in [0.25, 0.3) is 0 Å². The summed E-state index contributed by atoms with van der Waals surface area (Å²) >= 11 is 0. The summed E-state index contributed by atoms with van der Waals surface area (Å²) in [5, 5.41) is 3.29. The predicted octanol–water partition coefficient (Wildman–Crippen LogP) is 1.75. The Balaban J connectivity index is 1.72. The number of hydrogen-bond acceptors (Lipinski definition) is 4. The molecule has 2 atom stereocenters. The lowest BCUT2D eigenvalue weighted by molar-refractivity contribution is 0.107. The lowest BCUT2D eigenvalue weighted by Crippen LogP contribution is -2.32. The highest BCUT2D eigenvalue weighted by Crippen LogP contribution is 2.25. The summed E-state index contributed by atoms with van der Waals surface area (Å²) in [7, 11) is -3.44. The van der Waals surface area contributed by atoms with Crippen LogP contribution in [0.3, 0.4) is 0 Å². The van der Waals surface area contributed by atoms with Crippen molar-refractivity contribution in [2.75, 3.05) is 25.0 Å². The van der Waals surface area contributed by atoms with E-state index in [2.05, 4.69) is 10.0 Å². The molecule has 6 heteroatoms. The molecule has 0 bridgehead atoms. The number of fused-ring (bicyclic) bond motifs is 1. The number of anilines is 1. The fraction of sp³-hybridized carbons (Fsp3) is 0.600. The number of aryl methyl sites for hydroxylation is 1. The van der Waals surface area contributed by atoms with E-state index >= 15 is 0 Å². The molecule has 1 aromatic carbocycles. The van der Waals surface area contributed by atoms with Gasteiger partial charge in [-0.1, -0.05) is 0 Å². The number of benzene rings is 1. The molecule has 0 amide bonds. The second kappa shape index (κ2) is 5.94. The molecule has 2 aliphatic heterocycles. The van der Waals surface area contributed by atoms with E-state index in [9.17, 15) is 8.42 Å². The molecule has 2 N–H and O–H groups in total. The molecule has 116 valence electrons. The Bertz CT molecular complexity index is 615. The van der Waals surface area contributed by atoms with E-state index in [1.165, 1.54) is 0 Å². The quantitative estimate of drug-likeness (QED) is 0.889. The normalized spacial score (nSPS) is 25.4. The average molecular weight is 310 g/mol. The molecule has 0 saturated carbocycles. The maximum Gasteiger partial charge on any atom is 0.240 e. The molecule has 21 heavy (non-hydrogen) atoms. The third-order valence-corrected chi connectivity index (χ3v) is 5.82. The van der Waals surface area contributed by atoms with Crippen LogP contribution in [0.2, 0.25) is 0 Å². The highest BCUT2D eigenvalue weighted by Gasteiger charge is 2.26.